The van der Waals surface area contributed by atoms with Crippen molar-refractivity contribution in [3.63, 3.8) is 0 Å². The van der Waals surface area contributed by atoms with Crippen LogP contribution in [0.1, 0.15) is 84.1 Å². The summed E-state index contributed by atoms with van der Waals surface area (Å²) in [6.45, 7) is 4.97. The lowest BCUT2D eigenvalue weighted by Gasteiger charge is -2.53. The quantitative estimate of drug-likeness (QED) is 0.600. The van der Waals surface area contributed by atoms with E-state index in [1.54, 1.807) is 0 Å². The highest BCUT2D eigenvalue weighted by atomic mass is 31.2. The summed E-state index contributed by atoms with van der Waals surface area (Å²) < 4.78 is 1.87. The molecule has 7 heteroatoms. The molecule has 1 aromatic heterocycles. The van der Waals surface area contributed by atoms with Crippen LogP contribution < -0.4 is 11.0 Å². The fourth-order valence-corrected chi connectivity index (χ4v) is 9.13. The predicted octanol–water partition coefficient (Wildman–Crippen LogP) is 4.73. The lowest BCUT2D eigenvalue weighted by molar-refractivity contribution is -0.0324. The molecule has 3 heterocycles. The molecule has 6 rings (SSSR count). The smallest absolute Gasteiger partial charge is 0.282 e. The fourth-order valence-electron chi connectivity index (χ4n) is 8.65. The number of rotatable bonds is 3. The zero-order valence-corrected chi connectivity index (χ0v) is 22.0. The van der Waals surface area contributed by atoms with Crippen LogP contribution in [0.25, 0.3) is 11.0 Å². The molecule has 1 aromatic carbocycles. The van der Waals surface area contributed by atoms with Gasteiger partial charge in [-0.1, -0.05) is 32.4 Å². The number of nitrogens with zero attached hydrogens (tertiary/aromatic N) is 3. The lowest BCUT2D eigenvalue weighted by atomic mass is 9.76. The zero-order valence-electron chi connectivity index (χ0n) is 21.1. The molecule has 2 aromatic rings. The van der Waals surface area contributed by atoms with Crippen molar-refractivity contribution in [2.75, 3.05) is 0 Å². The van der Waals surface area contributed by atoms with Gasteiger partial charge in [-0.05, 0) is 93.6 Å². The Morgan fingerprint density at radius 1 is 0.886 bits per heavy atom. The molecule has 4 aliphatic rings. The van der Waals surface area contributed by atoms with Gasteiger partial charge in [0, 0.05) is 24.2 Å². The van der Waals surface area contributed by atoms with Crippen molar-refractivity contribution in [1.29, 1.82) is 0 Å². The van der Waals surface area contributed by atoms with Crippen LogP contribution in [-0.2, 0) is 0 Å². The summed E-state index contributed by atoms with van der Waals surface area (Å²) >= 11 is 0. The van der Waals surface area contributed by atoms with Gasteiger partial charge in [-0.2, -0.15) is 0 Å². The minimum Gasteiger partial charge on any atom is -0.345 e. The molecule has 0 amide bonds. The van der Waals surface area contributed by atoms with Gasteiger partial charge in [0.05, 0.1) is 11.0 Å². The SMILES string of the molecule is CC1CC2C[C@H](C)CC1C[C@H](N1C3CCCC1CC(n1c(=O)c(P(O)O)nc4ccccc41)C3)C2. The number of fused-ring (bicyclic) bond motifs is 6. The minimum absolute atomic E-state index is 0.0832. The Morgan fingerprint density at radius 3 is 2.37 bits per heavy atom. The number of benzene rings is 1. The number of hydrogen-bond acceptors (Lipinski definition) is 5. The summed E-state index contributed by atoms with van der Waals surface area (Å²) in [5.74, 6) is 3.42. The topological polar surface area (TPSA) is 78.6 Å². The Morgan fingerprint density at radius 2 is 1.63 bits per heavy atom. The zero-order chi connectivity index (χ0) is 24.3. The van der Waals surface area contributed by atoms with Crippen molar-refractivity contribution in [3.05, 3.63) is 34.6 Å². The van der Waals surface area contributed by atoms with E-state index in [4.69, 9.17) is 0 Å². The Hall–Kier alpha value is -1.33. The fraction of sp³-hybridized carbons (Fsp3) is 0.714. The number of para-hydroxylation sites is 2. The Labute approximate surface area is 209 Å². The standard InChI is InChI=1S/C28H40N3O3P/c1-17-10-19-12-18(2)20(11-17)14-23(13-19)30-21-6-5-7-22(30)16-24(15-21)31-26-9-4-3-8-25(26)29-27(28(31)32)35(33)34/h3-4,8-9,17-24,33-34H,5-7,10-16H2,1-2H3/t17-,18?,19?,20?,21?,22?,23+,24?/m0/s1. The molecule has 0 spiro atoms. The van der Waals surface area contributed by atoms with Crippen LogP contribution in [0.15, 0.2) is 29.1 Å². The molecule has 35 heavy (non-hydrogen) atoms. The average Bonchev–Trinajstić information content (AvgIpc) is 3.03. The molecule has 0 radical (unpaired) electrons. The number of hydrogen-bond donors (Lipinski definition) is 2. The van der Waals surface area contributed by atoms with Crippen LogP contribution in [0.2, 0.25) is 0 Å². The first-order chi connectivity index (χ1) is 16.9. The first-order valence-corrected chi connectivity index (χ1v) is 15.1. The third-order valence-corrected chi connectivity index (χ3v) is 10.6. The highest BCUT2D eigenvalue weighted by Crippen LogP contribution is 2.48. The van der Waals surface area contributed by atoms with Crippen molar-refractivity contribution >= 4 is 24.8 Å². The highest BCUT2D eigenvalue weighted by molar-refractivity contribution is 7.53. The van der Waals surface area contributed by atoms with Gasteiger partial charge in [0.1, 0.15) is 0 Å². The average molecular weight is 498 g/mol. The van der Waals surface area contributed by atoms with E-state index in [0.29, 0.717) is 23.6 Å². The van der Waals surface area contributed by atoms with Gasteiger partial charge >= 0.3 is 0 Å². The number of aromatic nitrogens is 2. The normalized spacial score (nSPS) is 38.0. The van der Waals surface area contributed by atoms with Crippen LogP contribution >= 0.6 is 8.38 Å². The monoisotopic (exact) mass is 497 g/mol. The molecule has 2 aliphatic heterocycles. The molecule has 7 atom stereocenters. The van der Waals surface area contributed by atoms with Crippen molar-refractivity contribution < 1.29 is 9.79 Å². The predicted molar refractivity (Wildman–Crippen MR) is 141 cm³/mol. The summed E-state index contributed by atoms with van der Waals surface area (Å²) in [5.41, 5.74) is 1.08. The van der Waals surface area contributed by atoms with Gasteiger partial charge in [0.15, 0.2) is 5.44 Å². The van der Waals surface area contributed by atoms with E-state index in [1.807, 2.05) is 28.8 Å². The van der Waals surface area contributed by atoms with E-state index >= 15 is 0 Å². The van der Waals surface area contributed by atoms with Gasteiger partial charge in [0.2, 0.25) is 8.38 Å². The van der Waals surface area contributed by atoms with E-state index in [2.05, 4.69) is 23.7 Å². The summed E-state index contributed by atoms with van der Waals surface area (Å²) in [4.78, 5) is 40.6. The maximum Gasteiger partial charge on any atom is 0.282 e. The summed E-state index contributed by atoms with van der Waals surface area (Å²) in [5, 5.41) is 0. The third kappa shape index (κ3) is 4.39. The summed E-state index contributed by atoms with van der Waals surface area (Å²) in [6, 6.07) is 9.46. The van der Waals surface area contributed by atoms with Crippen molar-refractivity contribution in [2.45, 2.75) is 102 Å². The molecule has 6 nitrogen and oxygen atoms in total. The summed E-state index contributed by atoms with van der Waals surface area (Å²) in [6.07, 6.45) is 12.5. The molecule has 2 saturated carbocycles. The van der Waals surface area contributed by atoms with Crippen LogP contribution in [0, 0.1) is 23.7 Å². The van der Waals surface area contributed by atoms with Crippen molar-refractivity contribution in [3.8, 4) is 0 Å². The molecule has 4 fully saturated rings. The molecule has 2 saturated heterocycles. The molecular weight excluding hydrogens is 457 g/mol. The van der Waals surface area contributed by atoms with Gasteiger partial charge < -0.3 is 14.4 Å². The first kappa shape index (κ1) is 24.0. The van der Waals surface area contributed by atoms with E-state index < -0.39 is 8.38 Å². The number of piperidine rings is 2. The largest absolute Gasteiger partial charge is 0.345 e. The van der Waals surface area contributed by atoms with Crippen molar-refractivity contribution in [2.24, 2.45) is 23.7 Å². The van der Waals surface area contributed by atoms with Gasteiger partial charge in [0.25, 0.3) is 5.56 Å². The Bertz CT molecular complexity index is 1120. The molecule has 2 aliphatic carbocycles. The van der Waals surface area contributed by atoms with Gasteiger partial charge in [-0.3, -0.25) is 9.69 Å². The second-order valence-electron chi connectivity index (χ2n) is 12.2. The van der Waals surface area contributed by atoms with E-state index in [0.717, 1.165) is 42.0 Å². The van der Waals surface area contributed by atoms with Crippen LogP contribution in [0.5, 0.6) is 0 Å². The molecule has 5 unspecified atom stereocenters. The molecule has 2 N–H and O–H groups in total. The first-order valence-electron chi connectivity index (χ1n) is 13.9. The summed E-state index contributed by atoms with van der Waals surface area (Å²) in [7, 11) is -2.53. The molecule has 190 valence electrons. The van der Waals surface area contributed by atoms with Crippen LogP contribution in [-0.4, -0.2) is 42.4 Å². The lowest BCUT2D eigenvalue weighted by Crippen LogP contribution is -2.58. The third-order valence-electron chi connectivity index (χ3n) is 9.89. The maximum atomic E-state index is 13.5. The Balaban J connectivity index is 1.33. The molecular formula is C28H40N3O3P. The van der Waals surface area contributed by atoms with E-state index in [1.165, 1.54) is 51.4 Å². The maximum absolute atomic E-state index is 13.5. The van der Waals surface area contributed by atoms with E-state index in [-0.39, 0.29) is 17.0 Å². The van der Waals surface area contributed by atoms with Crippen LogP contribution in [0.3, 0.4) is 0 Å². The Kier molecular flexibility index (Phi) is 6.54. The van der Waals surface area contributed by atoms with E-state index in [9.17, 15) is 14.6 Å². The van der Waals surface area contributed by atoms with Crippen molar-refractivity contribution in [1.82, 2.24) is 14.5 Å². The second-order valence-corrected chi connectivity index (χ2v) is 13.2. The minimum atomic E-state index is -2.53. The highest BCUT2D eigenvalue weighted by Gasteiger charge is 2.46. The van der Waals surface area contributed by atoms with Gasteiger partial charge in [-0.15, -0.1) is 0 Å². The molecule has 4 bridgehead atoms. The van der Waals surface area contributed by atoms with Crippen LogP contribution in [0.4, 0.5) is 0 Å². The van der Waals surface area contributed by atoms with Gasteiger partial charge in [-0.25, -0.2) is 4.98 Å². The second kappa shape index (κ2) is 9.52.